The summed E-state index contributed by atoms with van der Waals surface area (Å²) in [6, 6.07) is 75.9. The summed E-state index contributed by atoms with van der Waals surface area (Å²) in [5.74, 6) is 1.72. The van der Waals surface area contributed by atoms with Gasteiger partial charge in [-0.2, -0.15) is 15.8 Å². The van der Waals surface area contributed by atoms with Crippen LogP contribution in [0, 0.1) is 34.0 Å². The van der Waals surface area contributed by atoms with Crippen molar-refractivity contribution < 1.29 is 0 Å². The average molecular weight is 867 g/mol. The molecule has 0 spiro atoms. The van der Waals surface area contributed by atoms with Crippen LogP contribution in [0.25, 0.3) is 111 Å². The second-order valence-electron chi connectivity index (χ2n) is 16.6. The third-order valence-electron chi connectivity index (χ3n) is 12.6. The smallest absolute Gasteiger partial charge is 0.164 e. The number of fused-ring (bicyclic) bond motifs is 6. The Morgan fingerprint density at radius 3 is 1.25 bits per heavy atom. The highest BCUT2D eigenvalue weighted by molar-refractivity contribution is 6.12. The van der Waals surface area contributed by atoms with Crippen LogP contribution >= 0.6 is 0 Å². The minimum Gasteiger partial charge on any atom is -0.309 e. The van der Waals surface area contributed by atoms with Crippen LogP contribution < -0.4 is 0 Å². The van der Waals surface area contributed by atoms with Gasteiger partial charge in [-0.05, 0) is 96.1 Å². The molecule has 0 aliphatic carbocycles. The van der Waals surface area contributed by atoms with Crippen molar-refractivity contribution in [2.24, 2.45) is 0 Å². The largest absolute Gasteiger partial charge is 0.309 e. The van der Waals surface area contributed by atoms with Gasteiger partial charge < -0.3 is 9.13 Å². The van der Waals surface area contributed by atoms with E-state index in [1.54, 1.807) is 18.2 Å². The maximum atomic E-state index is 10.1. The van der Waals surface area contributed by atoms with Crippen molar-refractivity contribution in [3.05, 3.63) is 223 Å². The second-order valence-corrected chi connectivity index (χ2v) is 16.6. The third kappa shape index (κ3) is 6.63. The summed E-state index contributed by atoms with van der Waals surface area (Å²) >= 11 is 0. The lowest BCUT2D eigenvalue weighted by Gasteiger charge is -2.17. The number of rotatable bonds is 7. The number of aromatic nitrogens is 5. The summed E-state index contributed by atoms with van der Waals surface area (Å²) in [4.78, 5) is 15.2. The van der Waals surface area contributed by atoms with Gasteiger partial charge in [-0.15, -0.1) is 0 Å². The molecule has 0 fully saturated rings. The highest BCUT2D eigenvalue weighted by Crippen LogP contribution is 2.42. The summed E-state index contributed by atoms with van der Waals surface area (Å²) in [6.07, 6.45) is 0. The predicted molar refractivity (Wildman–Crippen MR) is 270 cm³/mol. The Morgan fingerprint density at radius 2 is 0.721 bits per heavy atom. The van der Waals surface area contributed by atoms with E-state index in [-0.39, 0.29) is 0 Å². The molecule has 0 saturated heterocycles. The Labute approximate surface area is 390 Å². The van der Waals surface area contributed by atoms with Crippen LogP contribution in [0.1, 0.15) is 16.7 Å². The Hall–Kier alpha value is -9.94. The number of hydrogen-bond acceptors (Lipinski definition) is 6. The van der Waals surface area contributed by atoms with Gasteiger partial charge in [-0.25, -0.2) is 15.0 Å². The minimum absolute atomic E-state index is 0.366. The molecular formula is C60H34N8. The predicted octanol–water partition coefficient (Wildman–Crippen LogP) is 14.0. The highest BCUT2D eigenvalue weighted by atomic mass is 15.0. The molecule has 0 saturated carbocycles. The lowest BCUT2D eigenvalue weighted by molar-refractivity contribution is 1.07. The van der Waals surface area contributed by atoms with E-state index < -0.39 is 0 Å². The Balaban J connectivity index is 1.12. The molecule has 8 heteroatoms. The van der Waals surface area contributed by atoms with E-state index in [0.29, 0.717) is 39.7 Å². The van der Waals surface area contributed by atoms with Crippen LogP contribution in [0.4, 0.5) is 0 Å². The van der Waals surface area contributed by atoms with Gasteiger partial charge in [0.25, 0.3) is 0 Å². The van der Waals surface area contributed by atoms with Crippen molar-refractivity contribution >= 4 is 43.6 Å². The third-order valence-corrected chi connectivity index (χ3v) is 12.6. The molecule has 12 rings (SSSR count). The van der Waals surface area contributed by atoms with Gasteiger partial charge in [0.15, 0.2) is 17.5 Å². The number of nitrogens with zero attached hydrogens (tertiary/aromatic N) is 8. The topological polar surface area (TPSA) is 120 Å². The summed E-state index contributed by atoms with van der Waals surface area (Å²) < 4.78 is 4.56. The number of benzene rings is 9. The fourth-order valence-corrected chi connectivity index (χ4v) is 9.57. The maximum absolute atomic E-state index is 10.1. The fraction of sp³-hybridized carbons (Fsp3) is 0. The monoisotopic (exact) mass is 866 g/mol. The highest BCUT2D eigenvalue weighted by Gasteiger charge is 2.22. The van der Waals surface area contributed by atoms with Gasteiger partial charge in [0.05, 0.1) is 68.3 Å². The standard InChI is InChI=1S/C60H34N8/c61-35-38-23-26-55(49(32-38)45-30-39(36-62)29-40(31-45)37-63)68-54-22-12-9-19-48(54)51-33-43(24-27-57(51)68)50-34-44(25-28-56(50)67-52-20-10-7-17-46(52)47-18-8-11-21-53(47)67)60-65-58(41-13-3-1-4-14-41)64-59(66-60)42-15-5-2-6-16-42/h1-34H. The van der Waals surface area contributed by atoms with Gasteiger partial charge in [-0.1, -0.05) is 121 Å². The Bertz CT molecular complexity index is 3980. The molecule has 0 radical (unpaired) electrons. The molecule has 12 aromatic rings. The van der Waals surface area contributed by atoms with Crippen LogP contribution in [-0.2, 0) is 0 Å². The SMILES string of the molecule is N#Cc1cc(C#N)cc(-c2cc(C#N)ccc2-n2c3ccccc3c3cc(-c4cc(-c5nc(-c6ccccc6)nc(-c6ccccc6)n5)ccc4-n4c5ccccc5c5ccccc54)ccc32)c1. The maximum Gasteiger partial charge on any atom is 0.164 e. The second kappa shape index (κ2) is 16.2. The van der Waals surface area contributed by atoms with Crippen molar-refractivity contribution in [2.45, 2.75) is 0 Å². The molecule has 68 heavy (non-hydrogen) atoms. The Morgan fingerprint density at radius 1 is 0.294 bits per heavy atom. The van der Waals surface area contributed by atoms with E-state index in [4.69, 9.17) is 15.0 Å². The van der Waals surface area contributed by atoms with E-state index >= 15 is 0 Å². The fourth-order valence-electron chi connectivity index (χ4n) is 9.57. The first-order valence-corrected chi connectivity index (χ1v) is 22.1. The zero-order valence-corrected chi connectivity index (χ0v) is 36.2. The van der Waals surface area contributed by atoms with Gasteiger partial charge in [0, 0.05) is 49.4 Å². The van der Waals surface area contributed by atoms with Crippen LogP contribution in [0.5, 0.6) is 0 Å². The van der Waals surface area contributed by atoms with Gasteiger partial charge in [0.1, 0.15) is 0 Å². The first kappa shape index (κ1) is 39.6. The molecule has 0 aliphatic heterocycles. The van der Waals surface area contributed by atoms with E-state index in [1.807, 2.05) is 91.0 Å². The molecule has 3 aromatic heterocycles. The molecule has 314 valence electrons. The first-order valence-electron chi connectivity index (χ1n) is 22.1. The van der Waals surface area contributed by atoms with E-state index in [1.165, 1.54) is 0 Å². The molecule has 0 N–H and O–H groups in total. The number of para-hydroxylation sites is 3. The van der Waals surface area contributed by atoms with Crippen LogP contribution in [0.2, 0.25) is 0 Å². The zero-order chi connectivity index (χ0) is 45.7. The van der Waals surface area contributed by atoms with Gasteiger partial charge >= 0.3 is 0 Å². The number of nitriles is 3. The molecule has 0 amide bonds. The molecular weight excluding hydrogens is 833 g/mol. The molecule has 9 aromatic carbocycles. The van der Waals surface area contributed by atoms with E-state index in [0.717, 1.165) is 88.4 Å². The molecule has 0 bridgehead atoms. The summed E-state index contributed by atoms with van der Waals surface area (Å²) in [5.41, 5.74) is 13.1. The number of hydrogen-bond donors (Lipinski definition) is 0. The molecule has 0 atom stereocenters. The van der Waals surface area contributed by atoms with Crippen molar-refractivity contribution in [3.8, 4) is 86.0 Å². The lowest BCUT2D eigenvalue weighted by Crippen LogP contribution is -2.02. The summed E-state index contributed by atoms with van der Waals surface area (Å²) in [7, 11) is 0. The van der Waals surface area contributed by atoms with Crippen molar-refractivity contribution in [2.75, 3.05) is 0 Å². The Kier molecular flexibility index (Phi) is 9.47. The summed E-state index contributed by atoms with van der Waals surface area (Å²) in [5, 5.41) is 34.3. The first-order chi connectivity index (χ1) is 33.6. The zero-order valence-electron chi connectivity index (χ0n) is 36.2. The van der Waals surface area contributed by atoms with Crippen molar-refractivity contribution in [1.29, 1.82) is 15.8 Å². The average Bonchev–Trinajstić information content (AvgIpc) is 3.93. The van der Waals surface area contributed by atoms with Crippen LogP contribution in [-0.4, -0.2) is 24.1 Å². The van der Waals surface area contributed by atoms with Crippen molar-refractivity contribution in [1.82, 2.24) is 24.1 Å². The van der Waals surface area contributed by atoms with Crippen LogP contribution in [0.15, 0.2) is 206 Å². The van der Waals surface area contributed by atoms with E-state index in [2.05, 4.69) is 124 Å². The van der Waals surface area contributed by atoms with Crippen LogP contribution in [0.3, 0.4) is 0 Å². The van der Waals surface area contributed by atoms with Gasteiger partial charge in [-0.3, -0.25) is 0 Å². The van der Waals surface area contributed by atoms with E-state index in [9.17, 15) is 15.8 Å². The minimum atomic E-state index is 0.366. The molecule has 3 heterocycles. The van der Waals surface area contributed by atoms with Gasteiger partial charge in [0.2, 0.25) is 0 Å². The summed E-state index contributed by atoms with van der Waals surface area (Å²) in [6.45, 7) is 0. The quantitative estimate of drug-likeness (QED) is 0.157. The molecule has 0 unspecified atom stereocenters. The molecule has 0 aliphatic rings. The lowest BCUT2D eigenvalue weighted by atomic mass is 9.97. The van der Waals surface area contributed by atoms with Crippen molar-refractivity contribution in [3.63, 3.8) is 0 Å². The normalized spacial score (nSPS) is 11.2. The molecule has 8 nitrogen and oxygen atoms in total.